The number of hydrogen-bond donors (Lipinski definition) is 1. The SMILES string of the molecule is CNC(c1ccc(OC)c(C)c1C)C1(C#N)COC1. The Morgan fingerprint density at radius 2 is 2.05 bits per heavy atom. The summed E-state index contributed by atoms with van der Waals surface area (Å²) in [6.45, 7) is 5.09. The zero-order valence-electron chi connectivity index (χ0n) is 11.9. The molecule has 0 bridgehead atoms. The lowest BCUT2D eigenvalue weighted by Gasteiger charge is -2.42. The van der Waals surface area contributed by atoms with Crippen LogP contribution in [0.3, 0.4) is 0 Å². The molecule has 4 nitrogen and oxygen atoms in total. The maximum atomic E-state index is 9.47. The lowest BCUT2D eigenvalue weighted by atomic mass is 9.75. The molecule has 1 saturated heterocycles. The average Bonchev–Trinajstić information content (AvgIpc) is 2.38. The van der Waals surface area contributed by atoms with Gasteiger partial charge in [0.1, 0.15) is 11.2 Å². The van der Waals surface area contributed by atoms with E-state index < -0.39 is 5.41 Å². The Kier molecular flexibility index (Phi) is 3.79. The van der Waals surface area contributed by atoms with Gasteiger partial charge in [0.2, 0.25) is 0 Å². The Morgan fingerprint density at radius 1 is 1.37 bits per heavy atom. The van der Waals surface area contributed by atoms with Crippen LogP contribution < -0.4 is 10.1 Å². The quantitative estimate of drug-likeness (QED) is 0.901. The van der Waals surface area contributed by atoms with E-state index in [9.17, 15) is 5.26 Å². The molecule has 1 fully saturated rings. The summed E-state index contributed by atoms with van der Waals surface area (Å²) in [5.74, 6) is 0.881. The van der Waals surface area contributed by atoms with Gasteiger partial charge in [-0.1, -0.05) is 6.07 Å². The van der Waals surface area contributed by atoms with Gasteiger partial charge in [-0.15, -0.1) is 0 Å². The van der Waals surface area contributed by atoms with E-state index in [0.717, 1.165) is 16.9 Å². The van der Waals surface area contributed by atoms with Gasteiger partial charge < -0.3 is 14.8 Å². The number of rotatable bonds is 4. The number of nitriles is 1. The van der Waals surface area contributed by atoms with Crippen LogP contribution >= 0.6 is 0 Å². The van der Waals surface area contributed by atoms with Gasteiger partial charge in [-0.2, -0.15) is 5.26 Å². The van der Waals surface area contributed by atoms with Crippen molar-refractivity contribution in [1.82, 2.24) is 5.32 Å². The van der Waals surface area contributed by atoms with Gasteiger partial charge in [-0.05, 0) is 43.7 Å². The maximum absolute atomic E-state index is 9.47. The lowest BCUT2D eigenvalue weighted by molar-refractivity contribution is -0.0964. The Labute approximate surface area is 114 Å². The van der Waals surface area contributed by atoms with Crippen molar-refractivity contribution in [1.29, 1.82) is 5.26 Å². The molecule has 19 heavy (non-hydrogen) atoms. The Bertz CT molecular complexity index is 516. The van der Waals surface area contributed by atoms with Crippen LogP contribution in [0.1, 0.15) is 22.7 Å². The molecule has 1 aromatic carbocycles. The molecular formula is C15H20N2O2. The number of hydrogen-bond acceptors (Lipinski definition) is 4. The Morgan fingerprint density at radius 3 is 2.47 bits per heavy atom. The third kappa shape index (κ3) is 2.09. The molecule has 2 rings (SSSR count). The highest BCUT2D eigenvalue weighted by Crippen LogP contribution is 2.42. The van der Waals surface area contributed by atoms with Crippen LogP contribution in [0, 0.1) is 30.6 Å². The number of nitrogens with zero attached hydrogens (tertiary/aromatic N) is 1. The van der Waals surface area contributed by atoms with Crippen LogP contribution in [0.5, 0.6) is 5.75 Å². The van der Waals surface area contributed by atoms with Crippen molar-refractivity contribution in [3.63, 3.8) is 0 Å². The van der Waals surface area contributed by atoms with Crippen LogP contribution in [0.2, 0.25) is 0 Å². The Balaban J connectivity index is 2.45. The van der Waals surface area contributed by atoms with E-state index in [2.05, 4.69) is 18.3 Å². The normalized spacial score (nSPS) is 18.3. The van der Waals surface area contributed by atoms with Crippen LogP contribution in [-0.4, -0.2) is 27.4 Å². The van der Waals surface area contributed by atoms with Gasteiger partial charge in [0, 0.05) is 0 Å². The molecule has 1 aliphatic heterocycles. The fraction of sp³-hybridized carbons (Fsp3) is 0.533. The third-order valence-corrected chi connectivity index (χ3v) is 4.09. The first kappa shape index (κ1) is 13.9. The second-order valence-corrected chi connectivity index (χ2v) is 5.09. The van der Waals surface area contributed by atoms with Crippen molar-refractivity contribution in [3.8, 4) is 11.8 Å². The summed E-state index contributed by atoms with van der Waals surface area (Å²) in [6.07, 6.45) is 0. The summed E-state index contributed by atoms with van der Waals surface area (Å²) in [5, 5.41) is 12.7. The zero-order valence-corrected chi connectivity index (χ0v) is 11.9. The second kappa shape index (κ2) is 5.20. The molecule has 0 aromatic heterocycles. The van der Waals surface area contributed by atoms with Gasteiger partial charge in [-0.3, -0.25) is 0 Å². The maximum Gasteiger partial charge on any atom is 0.123 e. The van der Waals surface area contributed by atoms with Gasteiger partial charge in [-0.25, -0.2) is 0 Å². The zero-order chi connectivity index (χ0) is 14.0. The molecule has 1 unspecified atom stereocenters. The monoisotopic (exact) mass is 260 g/mol. The number of nitrogens with one attached hydrogen (secondary N) is 1. The molecule has 0 amide bonds. The molecule has 1 N–H and O–H groups in total. The largest absolute Gasteiger partial charge is 0.496 e. The molecule has 0 radical (unpaired) electrons. The minimum absolute atomic E-state index is 0.0177. The van der Waals surface area contributed by atoms with Gasteiger partial charge in [0.05, 0.1) is 32.4 Å². The molecule has 0 aliphatic carbocycles. The van der Waals surface area contributed by atoms with Crippen LogP contribution in [0.4, 0.5) is 0 Å². The summed E-state index contributed by atoms with van der Waals surface area (Å²) in [6, 6.07) is 6.41. The van der Waals surface area contributed by atoms with Gasteiger partial charge >= 0.3 is 0 Å². The summed E-state index contributed by atoms with van der Waals surface area (Å²) in [7, 11) is 3.56. The summed E-state index contributed by atoms with van der Waals surface area (Å²) in [4.78, 5) is 0. The highest BCUT2D eigenvalue weighted by atomic mass is 16.5. The molecule has 102 valence electrons. The number of ether oxygens (including phenoxy) is 2. The van der Waals surface area contributed by atoms with E-state index in [0.29, 0.717) is 13.2 Å². The summed E-state index contributed by atoms with van der Waals surface area (Å²) >= 11 is 0. The number of methoxy groups -OCH3 is 1. The van der Waals surface area contributed by atoms with Crippen molar-refractivity contribution < 1.29 is 9.47 Å². The lowest BCUT2D eigenvalue weighted by Crippen LogP contribution is -2.50. The fourth-order valence-electron chi connectivity index (χ4n) is 2.70. The molecule has 1 heterocycles. The van der Waals surface area contributed by atoms with Crippen molar-refractivity contribution >= 4 is 0 Å². The van der Waals surface area contributed by atoms with E-state index in [1.54, 1.807) is 7.11 Å². The standard InChI is InChI=1S/C15H20N2O2/c1-10-11(2)13(18-4)6-5-12(10)14(17-3)15(7-16)8-19-9-15/h5-6,14,17H,8-9H2,1-4H3. The van der Waals surface area contributed by atoms with Crippen LogP contribution in [0.25, 0.3) is 0 Å². The minimum Gasteiger partial charge on any atom is -0.496 e. The van der Waals surface area contributed by atoms with Crippen LogP contribution in [-0.2, 0) is 4.74 Å². The van der Waals surface area contributed by atoms with Crippen molar-refractivity contribution in [2.75, 3.05) is 27.4 Å². The molecule has 0 spiro atoms. The highest BCUT2D eigenvalue weighted by molar-refractivity contribution is 5.46. The second-order valence-electron chi connectivity index (χ2n) is 5.09. The summed E-state index contributed by atoms with van der Waals surface area (Å²) in [5.41, 5.74) is 2.97. The van der Waals surface area contributed by atoms with E-state index in [4.69, 9.17) is 9.47 Å². The van der Waals surface area contributed by atoms with E-state index in [-0.39, 0.29) is 6.04 Å². The predicted molar refractivity (Wildman–Crippen MR) is 73.1 cm³/mol. The van der Waals surface area contributed by atoms with Gasteiger partial charge in [0.25, 0.3) is 0 Å². The van der Waals surface area contributed by atoms with Crippen molar-refractivity contribution in [2.45, 2.75) is 19.9 Å². The van der Waals surface area contributed by atoms with Crippen LogP contribution in [0.15, 0.2) is 12.1 Å². The molecule has 1 atom stereocenters. The molecular weight excluding hydrogens is 240 g/mol. The van der Waals surface area contributed by atoms with Crippen molar-refractivity contribution in [2.24, 2.45) is 5.41 Å². The predicted octanol–water partition coefficient (Wildman–Crippen LogP) is 2.11. The highest BCUT2D eigenvalue weighted by Gasteiger charge is 2.47. The first-order valence-electron chi connectivity index (χ1n) is 6.40. The number of benzene rings is 1. The minimum atomic E-state index is -0.458. The summed E-state index contributed by atoms with van der Waals surface area (Å²) < 4.78 is 10.6. The first-order chi connectivity index (χ1) is 9.09. The average molecular weight is 260 g/mol. The molecule has 0 saturated carbocycles. The first-order valence-corrected chi connectivity index (χ1v) is 6.40. The topological polar surface area (TPSA) is 54.3 Å². The van der Waals surface area contributed by atoms with Gasteiger partial charge in [0.15, 0.2) is 0 Å². The molecule has 1 aromatic rings. The van der Waals surface area contributed by atoms with E-state index in [1.165, 1.54) is 5.56 Å². The van der Waals surface area contributed by atoms with E-state index >= 15 is 0 Å². The molecule has 4 heteroatoms. The fourth-order valence-corrected chi connectivity index (χ4v) is 2.70. The van der Waals surface area contributed by atoms with Crippen molar-refractivity contribution in [3.05, 3.63) is 28.8 Å². The third-order valence-electron chi connectivity index (χ3n) is 4.09. The molecule has 1 aliphatic rings. The Hall–Kier alpha value is -1.57. The van der Waals surface area contributed by atoms with E-state index in [1.807, 2.05) is 26.1 Å². The smallest absolute Gasteiger partial charge is 0.123 e.